The van der Waals surface area contributed by atoms with Crippen LogP contribution in [-0.2, 0) is 11.7 Å². The van der Waals surface area contributed by atoms with Crippen LogP contribution in [0.2, 0.25) is 0 Å². The molecule has 21 heavy (non-hydrogen) atoms. The van der Waals surface area contributed by atoms with Crippen molar-refractivity contribution in [2.75, 3.05) is 0 Å². The summed E-state index contributed by atoms with van der Waals surface area (Å²) in [6, 6.07) is 3.16. The third-order valence-electron chi connectivity index (χ3n) is 4.61. The molecule has 0 aliphatic heterocycles. The smallest absolute Gasteiger partial charge is 0.321 e. The van der Waals surface area contributed by atoms with E-state index >= 15 is 0 Å². The summed E-state index contributed by atoms with van der Waals surface area (Å²) >= 11 is 0. The first-order valence-corrected chi connectivity index (χ1v) is 7.29. The quantitative estimate of drug-likeness (QED) is 0.777. The summed E-state index contributed by atoms with van der Waals surface area (Å²) in [5.41, 5.74) is 4.76. The molecule has 0 bridgehead atoms. The van der Waals surface area contributed by atoms with Gasteiger partial charge in [0.1, 0.15) is 5.82 Å². The maximum absolute atomic E-state index is 13.4. The van der Waals surface area contributed by atoms with Crippen molar-refractivity contribution in [2.24, 2.45) is 17.6 Å². The van der Waals surface area contributed by atoms with Gasteiger partial charge in [-0.1, -0.05) is 32.8 Å². The highest BCUT2D eigenvalue weighted by Crippen LogP contribution is 2.42. The van der Waals surface area contributed by atoms with E-state index in [0.717, 1.165) is 25.0 Å². The predicted octanol–water partition coefficient (Wildman–Crippen LogP) is 4.84. The Morgan fingerprint density at radius 3 is 2.52 bits per heavy atom. The van der Waals surface area contributed by atoms with Crippen LogP contribution in [0.25, 0.3) is 0 Å². The van der Waals surface area contributed by atoms with E-state index in [4.69, 9.17) is 5.73 Å². The second-order valence-electron chi connectivity index (χ2n) is 6.45. The van der Waals surface area contributed by atoms with Crippen LogP contribution in [0.15, 0.2) is 18.2 Å². The van der Waals surface area contributed by atoms with Gasteiger partial charge in [-0.2, -0.15) is 13.2 Å². The van der Waals surface area contributed by atoms with Gasteiger partial charge >= 0.3 is 6.18 Å². The molecular formula is C16H21F4N. The molecule has 0 amide bonds. The van der Waals surface area contributed by atoms with E-state index in [1.807, 2.05) is 0 Å². The molecule has 0 heterocycles. The van der Waals surface area contributed by atoms with E-state index in [1.54, 1.807) is 0 Å². The van der Waals surface area contributed by atoms with E-state index in [1.165, 1.54) is 6.07 Å². The second-order valence-corrected chi connectivity index (χ2v) is 6.45. The van der Waals surface area contributed by atoms with E-state index < -0.39 is 23.1 Å². The first-order valence-electron chi connectivity index (χ1n) is 7.29. The van der Waals surface area contributed by atoms with Gasteiger partial charge < -0.3 is 5.73 Å². The zero-order valence-electron chi connectivity index (χ0n) is 12.3. The average molecular weight is 303 g/mol. The van der Waals surface area contributed by atoms with E-state index in [0.29, 0.717) is 30.2 Å². The number of hydrogen-bond acceptors (Lipinski definition) is 1. The number of alkyl halides is 3. The number of halogens is 4. The van der Waals surface area contributed by atoms with Gasteiger partial charge in [0.15, 0.2) is 0 Å². The topological polar surface area (TPSA) is 26.0 Å². The maximum atomic E-state index is 13.4. The first kappa shape index (κ1) is 16.3. The highest BCUT2D eigenvalue weighted by molar-refractivity contribution is 5.32. The Bertz CT molecular complexity index is 509. The zero-order valence-corrected chi connectivity index (χ0v) is 12.3. The Kier molecular flexibility index (Phi) is 4.34. The first-order chi connectivity index (χ1) is 9.63. The lowest BCUT2D eigenvalue weighted by molar-refractivity contribution is -0.140. The fourth-order valence-corrected chi connectivity index (χ4v) is 3.24. The van der Waals surface area contributed by atoms with Crippen LogP contribution >= 0.6 is 0 Å². The van der Waals surface area contributed by atoms with Crippen molar-refractivity contribution in [3.05, 3.63) is 35.1 Å². The molecule has 1 aliphatic carbocycles. The molecule has 2 N–H and O–H groups in total. The van der Waals surface area contributed by atoms with Crippen LogP contribution in [0.4, 0.5) is 17.6 Å². The van der Waals surface area contributed by atoms with Gasteiger partial charge in [-0.05, 0) is 42.4 Å². The van der Waals surface area contributed by atoms with Crippen molar-refractivity contribution >= 4 is 0 Å². The molecule has 5 heteroatoms. The van der Waals surface area contributed by atoms with Gasteiger partial charge in [-0.15, -0.1) is 0 Å². The molecule has 1 aliphatic rings. The number of benzene rings is 1. The van der Waals surface area contributed by atoms with Crippen molar-refractivity contribution in [3.8, 4) is 0 Å². The van der Waals surface area contributed by atoms with Crippen LogP contribution in [0.5, 0.6) is 0 Å². The van der Waals surface area contributed by atoms with Crippen molar-refractivity contribution in [1.29, 1.82) is 0 Å². The Labute approximate surface area is 122 Å². The van der Waals surface area contributed by atoms with Crippen molar-refractivity contribution < 1.29 is 17.6 Å². The van der Waals surface area contributed by atoms with Crippen molar-refractivity contribution in [3.63, 3.8) is 0 Å². The van der Waals surface area contributed by atoms with E-state index in [9.17, 15) is 17.6 Å². The van der Waals surface area contributed by atoms with Crippen LogP contribution < -0.4 is 5.73 Å². The van der Waals surface area contributed by atoms with Crippen LogP contribution in [0.1, 0.15) is 50.7 Å². The lowest BCUT2D eigenvalue weighted by Crippen LogP contribution is -2.42. The molecule has 1 fully saturated rings. The van der Waals surface area contributed by atoms with Gasteiger partial charge in [-0.25, -0.2) is 4.39 Å². The lowest BCUT2D eigenvalue weighted by Gasteiger charge is -2.40. The predicted molar refractivity (Wildman–Crippen MR) is 74.1 cm³/mol. The molecule has 2 unspecified atom stereocenters. The molecule has 2 atom stereocenters. The standard InChI is InChI=1S/C16H21F4N/c1-10(2)11-4-3-7-15(21,9-11)12-5-6-14(17)13(8-12)16(18,19)20/h5-6,8,10-11H,3-4,7,9,21H2,1-2H3. The fourth-order valence-electron chi connectivity index (χ4n) is 3.24. The summed E-state index contributed by atoms with van der Waals surface area (Å²) < 4.78 is 51.9. The SMILES string of the molecule is CC(C)C1CCCC(N)(c2ccc(F)c(C(F)(F)F)c2)C1. The third-order valence-corrected chi connectivity index (χ3v) is 4.61. The Balaban J connectivity index is 2.36. The molecule has 2 rings (SSSR count). The minimum absolute atomic E-state index is 0.390. The van der Waals surface area contributed by atoms with Crippen molar-refractivity contribution in [1.82, 2.24) is 0 Å². The van der Waals surface area contributed by atoms with Gasteiger partial charge in [0.05, 0.1) is 5.56 Å². The second kappa shape index (κ2) is 5.59. The summed E-state index contributed by atoms with van der Waals surface area (Å²) in [6.07, 6.45) is -1.47. The van der Waals surface area contributed by atoms with Crippen LogP contribution in [-0.4, -0.2) is 0 Å². The summed E-state index contributed by atoms with van der Waals surface area (Å²) in [5.74, 6) is -0.412. The van der Waals surface area contributed by atoms with Gasteiger partial charge in [0.2, 0.25) is 0 Å². The summed E-state index contributed by atoms with van der Waals surface area (Å²) in [5, 5.41) is 0. The molecule has 1 aromatic rings. The van der Waals surface area contributed by atoms with Gasteiger partial charge in [0, 0.05) is 5.54 Å². The monoisotopic (exact) mass is 303 g/mol. The zero-order chi connectivity index (χ0) is 15.8. The largest absolute Gasteiger partial charge is 0.419 e. The Morgan fingerprint density at radius 2 is 1.95 bits per heavy atom. The number of nitrogens with two attached hydrogens (primary N) is 1. The summed E-state index contributed by atoms with van der Waals surface area (Å²) in [4.78, 5) is 0. The molecule has 118 valence electrons. The number of hydrogen-bond donors (Lipinski definition) is 1. The molecule has 0 spiro atoms. The lowest BCUT2D eigenvalue weighted by atomic mass is 9.69. The highest BCUT2D eigenvalue weighted by atomic mass is 19.4. The molecule has 0 radical (unpaired) electrons. The minimum atomic E-state index is -4.69. The van der Waals surface area contributed by atoms with Gasteiger partial charge in [0.25, 0.3) is 0 Å². The van der Waals surface area contributed by atoms with E-state index in [-0.39, 0.29) is 0 Å². The fraction of sp³-hybridized carbons (Fsp3) is 0.625. The minimum Gasteiger partial charge on any atom is -0.321 e. The normalized spacial score (nSPS) is 27.1. The molecule has 1 saturated carbocycles. The van der Waals surface area contributed by atoms with Crippen molar-refractivity contribution in [2.45, 2.75) is 51.2 Å². The average Bonchev–Trinajstić information content (AvgIpc) is 2.37. The summed E-state index contributed by atoms with van der Waals surface area (Å²) in [6.45, 7) is 4.20. The number of rotatable bonds is 2. The highest BCUT2D eigenvalue weighted by Gasteiger charge is 2.39. The Hall–Kier alpha value is -1.10. The third kappa shape index (κ3) is 3.39. The maximum Gasteiger partial charge on any atom is 0.419 e. The molecular weight excluding hydrogens is 282 g/mol. The van der Waals surface area contributed by atoms with Crippen LogP contribution in [0.3, 0.4) is 0 Å². The van der Waals surface area contributed by atoms with Crippen LogP contribution in [0, 0.1) is 17.7 Å². The summed E-state index contributed by atoms with van der Waals surface area (Å²) in [7, 11) is 0. The molecule has 1 nitrogen and oxygen atoms in total. The van der Waals surface area contributed by atoms with Gasteiger partial charge in [-0.3, -0.25) is 0 Å². The van der Waals surface area contributed by atoms with E-state index in [2.05, 4.69) is 13.8 Å². The Morgan fingerprint density at radius 1 is 1.29 bits per heavy atom. The molecule has 0 saturated heterocycles. The molecule has 0 aromatic heterocycles. The molecule has 1 aromatic carbocycles.